The van der Waals surface area contributed by atoms with E-state index in [4.69, 9.17) is 0 Å². The summed E-state index contributed by atoms with van der Waals surface area (Å²) in [5, 5.41) is 22.0. The van der Waals surface area contributed by atoms with E-state index >= 15 is 0 Å². The van der Waals surface area contributed by atoms with E-state index in [1.165, 1.54) is 0 Å². The Labute approximate surface area is 81.2 Å². The normalized spacial score (nSPS) is 13.4. The van der Waals surface area contributed by atoms with Gasteiger partial charge < -0.3 is 15.5 Å². The highest BCUT2D eigenvalue weighted by atomic mass is 16.3. The number of aliphatic hydroxyl groups is 2. The van der Waals surface area contributed by atoms with Gasteiger partial charge in [-0.25, -0.2) is 0 Å². The molecule has 0 aliphatic heterocycles. The van der Waals surface area contributed by atoms with Gasteiger partial charge in [-0.05, 0) is 26.7 Å². The Morgan fingerprint density at radius 3 is 1.85 bits per heavy atom. The van der Waals surface area contributed by atoms with Gasteiger partial charge in [0.1, 0.15) is 0 Å². The van der Waals surface area contributed by atoms with E-state index in [1.807, 2.05) is 13.8 Å². The van der Waals surface area contributed by atoms with E-state index in [0.29, 0.717) is 6.54 Å². The van der Waals surface area contributed by atoms with Crippen LogP contribution in [0.15, 0.2) is 0 Å². The lowest BCUT2D eigenvalue weighted by Gasteiger charge is -2.33. The summed E-state index contributed by atoms with van der Waals surface area (Å²) in [5.41, 5.74) is -0.940. The molecule has 3 nitrogen and oxygen atoms in total. The molecular weight excluding hydrogens is 166 g/mol. The fourth-order valence-electron chi connectivity index (χ4n) is 1.18. The second-order valence-corrected chi connectivity index (χ2v) is 4.31. The van der Waals surface area contributed by atoms with Crippen LogP contribution in [0.3, 0.4) is 0 Å². The zero-order valence-corrected chi connectivity index (χ0v) is 9.22. The number of hydrogen-bond acceptors (Lipinski definition) is 3. The summed E-state index contributed by atoms with van der Waals surface area (Å²) in [5.74, 6) is 0. The third kappa shape index (κ3) is 4.60. The molecule has 0 saturated carbocycles. The quantitative estimate of drug-likeness (QED) is 0.582. The molecule has 80 valence electrons. The molecule has 0 bridgehead atoms. The first kappa shape index (κ1) is 12.9. The Kier molecular flexibility index (Phi) is 4.89. The molecule has 0 aromatic rings. The summed E-state index contributed by atoms with van der Waals surface area (Å²) < 4.78 is 0. The van der Waals surface area contributed by atoms with Crippen molar-refractivity contribution in [1.29, 1.82) is 0 Å². The summed E-state index contributed by atoms with van der Waals surface area (Å²) in [4.78, 5) is 0. The number of nitrogens with one attached hydrogen (secondary N) is 1. The zero-order valence-electron chi connectivity index (χ0n) is 9.22. The highest BCUT2D eigenvalue weighted by Gasteiger charge is 2.26. The number of rotatable bonds is 6. The Balaban J connectivity index is 4.11. The van der Waals surface area contributed by atoms with Crippen LogP contribution >= 0.6 is 0 Å². The van der Waals surface area contributed by atoms with E-state index in [9.17, 15) is 10.2 Å². The number of β-amino-alcohol motifs (C(OH)–C–C–N with tert-alkyl or cyclic N) is 1. The fourth-order valence-corrected chi connectivity index (χ4v) is 1.18. The van der Waals surface area contributed by atoms with Crippen molar-refractivity contribution in [2.24, 2.45) is 0 Å². The largest absolute Gasteiger partial charge is 0.394 e. The van der Waals surface area contributed by atoms with E-state index in [1.54, 1.807) is 13.8 Å². The van der Waals surface area contributed by atoms with Crippen LogP contribution in [0.25, 0.3) is 0 Å². The van der Waals surface area contributed by atoms with Crippen molar-refractivity contribution in [1.82, 2.24) is 5.32 Å². The van der Waals surface area contributed by atoms with Crippen LogP contribution in [0.1, 0.15) is 40.5 Å². The molecule has 0 heterocycles. The van der Waals surface area contributed by atoms with Crippen molar-refractivity contribution in [2.45, 2.75) is 51.7 Å². The first-order valence-electron chi connectivity index (χ1n) is 4.97. The smallest absolute Gasteiger partial charge is 0.0715 e. The monoisotopic (exact) mass is 189 g/mol. The maximum absolute atomic E-state index is 9.52. The summed E-state index contributed by atoms with van der Waals surface area (Å²) in [6.07, 6.45) is 1.74. The minimum absolute atomic E-state index is 0.121. The van der Waals surface area contributed by atoms with Gasteiger partial charge in [0.05, 0.1) is 12.2 Å². The van der Waals surface area contributed by atoms with Crippen molar-refractivity contribution in [3.05, 3.63) is 0 Å². The van der Waals surface area contributed by atoms with Crippen LogP contribution in [-0.2, 0) is 0 Å². The van der Waals surface area contributed by atoms with Crippen molar-refractivity contribution < 1.29 is 10.2 Å². The zero-order chi connectivity index (χ0) is 10.5. The lowest BCUT2D eigenvalue weighted by Crippen LogP contribution is -2.52. The van der Waals surface area contributed by atoms with Gasteiger partial charge >= 0.3 is 0 Å². The molecule has 13 heavy (non-hydrogen) atoms. The maximum atomic E-state index is 9.52. The molecule has 0 unspecified atom stereocenters. The van der Waals surface area contributed by atoms with Gasteiger partial charge in [-0.15, -0.1) is 0 Å². The van der Waals surface area contributed by atoms with Crippen molar-refractivity contribution >= 4 is 0 Å². The molecule has 0 saturated heterocycles. The van der Waals surface area contributed by atoms with E-state index in [0.717, 1.165) is 12.8 Å². The SMILES string of the molecule is CCC(CC)(CO)NCC(C)(C)O. The molecule has 0 spiro atoms. The average molecular weight is 189 g/mol. The predicted molar refractivity (Wildman–Crippen MR) is 54.7 cm³/mol. The first-order chi connectivity index (χ1) is 5.89. The maximum Gasteiger partial charge on any atom is 0.0715 e. The fraction of sp³-hybridized carbons (Fsp3) is 1.00. The Hall–Kier alpha value is -0.120. The Morgan fingerprint density at radius 1 is 1.15 bits per heavy atom. The summed E-state index contributed by atoms with van der Waals surface area (Å²) in [6.45, 7) is 8.22. The van der Waals surface area contributed by atoms with Crippen molar-refractivity contribution in [3.8, 4) is 0 Å². The molecule has 0 amide bonds. The molecular formula is C10H23NO2. The molecule has 3 heteroatoms. The summed E-state index contributed by atoms with van der Waals surface area (Å²) in [6, 6.07) is 0. The molecule has 0 atom stereocenters. The second-order valence-electron chi connectivity index (χ2n) is 4.31. The van der Waals surface area contributed by atoms with Crippen molar-refractivity contribution in [2.75, 3.05) is 13.2 Å². The summed E-state index contributed by atoms with van der Waals surface area (Å²) >= 11 is 0. The van der Waals surface area contributed by atoms with E-state index in [2.05, 4.69) is 5.32 Å². The molecule has 0 rings (SSSR count). The minimum Gasteiger partial charge on any atom is -0.394 e. The first-order valence-corrected chi connectivity index (χ1v) is 4.97. The third-order valence-electron chi connectivity index (χ3n) is 2.55. The molecule has 3 N–H and O–H groups in total. The van der Waals surface area contributed by atoms with Gasteiger partial charge in [-0.2, -0.15) is 0 Å². The van der Waals surface area contributed by atoms with E-state index in [-0.39, 0.29) is 12.1 Å². The van der Waals surface area contributed by atoms with Crippen LogP contribution in [0, 0.1) is 0 Å². The average Bonchev–Trinajstić information content (AvgIpc) is 2.06. The van der Waals surface area contributed by atoms with Crippen LogP contribution in [0.4, 0.5) is 0 Å². The standard InChI is InChI=1S/C10H23NO2/c1-5-10(6-2,8-12)11-7-9(3,4)13/h11-13H,5-8H2,1-4H3. The minimum atomic E-state index is -0.718. The lowest BCUT2D eigenvalue weighted by molar-refractivity contribution is 0.0560. The molecule has 0 aromatic heterocycles. The molecule has 0 radical (unpaired) electrons. The topological polar surface area (TPSA) is 52.5 Å². The summed E-state index contributed by atoms with van der Waals surface area (Å²) in [7, 11) is 0. The Morgan fingerprint density at radius 2 is 1.62 bits per heavy atom. The van der Waals surface area contributed by atoms with Crippen LogP contribution in [0.2, 0.25) is 0 Å². The highest BCUT2D eigenvalue weighted by Crippen LogP contribution is 2.15. The predicted octanol–water partition coefficient (Wildman–Crippen LogP) is 0.898. The van der Waals surface area contributed by atoms with Crippen LogP contribution in [-0.4, -0.2) is 34.5 Å². The number of hydrogen-bond donors (Lipinski definition) is 3. The molecule has 0 aliphatic rings. The van der Waals surface area contributed by atoms with E-state index < -0.39 is 5.60 Å². The molecule has 0 fully saturated rings. The third-order valence-corrected chi connectivity index (χ3v) is 2.55. The Bertz CT molecular complexity index is 128. The van der Waals surface area contributed by atoms with Crippen LogP contribution in [0.5, 0.6) is 0 Å². The second kappa shape index (κ2) is 4.94. The molecule has 0 aliphatic carbocycles. The van der Waals surface area contributed by atoms with Gasteiger partial charge in [0, 0.05) is 12.1 Å². The number of aliphatic hydroxyl groups excluding tert-OH is 1. The van der Waals surface area contributed by atoms with Gasteiger partial charge in [0.2, 0.25) is 0 Å². The highest BCUT2D eigenvalue weighted by molar-refractivity contribution is 4.87. The van der Waals surface area contributed by atoms with Crippen LogP contribution < -0.4 is 5.32 Å². The lowest BCUT2D eigenvalue weighted by atomic mass is 9.93. The van der Waals surface area contributed by atoms with Gasteiger partial charge in [-0.1, -0.05) is 13.8 Å². The van der Waals surface area contributed by atoms with Gasteiger partial charge in [0.15, 0.2) is 0 Å². The van der Waals surface area contributed by atoms with Crippen molar-refractivity contribution in [3.63, 3.8) is 0 Å². The molecule has 0 aromatic carbocycles. The van der Waals surface area contributed by atoms with Gasteiger partial charge in [-0.3, -0.25) is 0 Å². The van der Waals surface area contributed by atoms with Gasteiger partial charge in [0.25, 0.3) is 0 Å².